The maximum Gasteiger partial charge on any atom is 0.255 e. The van der Waals surface area contributed by atoms with Crippen molar-refractivity contribution < 1.29 is 19.1 Å². The van der Waals surface area contributed by atoms with Crippen LogP contribution in [0.3, 0.4) is 0 Å². The minimum atomic E-state index is -0.415. The third-order valence-corrected chi connectivity index (χ3v) is 5.60. The second-order valence-corrected chi connectivity index (χ2v) is 7.48. The Kier molecular flexibility index (Phi) is 5.60. The van der Waals surface area contributed by atoms with Crippen molar-refractivity contribution >= 4 is 18.1 Å². The lowest BCUT2D eigenvalue weighted by atomic mass is 10.1. The highest BCUT2D eigenvalue weighted by Gasteiger charge is 2.38. The molecule has 0 saturated carbocycles. The third-order valence-electron chi connectivity index (χ3n) is 5.60. The van der Waals surface area contributed by atoms with Crippen LogP contribution >= 0.6 is 0 Å². The largest absolute Gasteiger partial charge is 0.493 e. The van der Waals surface area contributed by atoms with Crippen LogP contribution in [0, 0.1) is 0 Å². The predicted octanol–water partition coefficient (Wildman–Crippen LogP) is 2.75. The zero-order chi connectivity index (χ0) is 20.2. The number of hydrogen-bond acceptors (Lipinski definition) is 4. The summed E-state index contributed by atoms with van der Waals surface area (Å²) in [6.07, 6.45) is 4.09. The molecule has 1 N–H and O–H groups in total. The maximum absolute atomic E-state index is 12.9. The number of carbonyl (C=O) groups is 3. The fourth-order valence-electron chi connectivity index (χ4n) is 3.98. The summed E-state index contributed by atoms with van der Waals surface area (Å²) in [5.74, 6) is 0.527. The van der Waals surface area contributed by atoms with E-state index in [1.807, 2.05) is 24.3 Å². The van der Waals surface area contributed by atoms with Crippen molar-refractivity contribution in [3.8, 4) is 5.75 Å². The van der Waals surface area contributed by atoms with Gasteiger partial charge in [0.15, 0.2) is 0 Å². The molecule has 0 radical (unpaired) electrons. The van der Waals surface area contributed by atoms with E-state index in [-0.39, 0.29) is 11.8 Å². The van der Waals surface area contributed by atoms with Gasteiger partial charge in [0.25, 0.3) is 5.91 Å². The molecule has 2 aromatic carbocycles. The fourth-order valence-corrected chi connectivity index (χ4v) is 3.98. The zero-order valence-electron chi connectivity index (χ0n) is 16.2. The highest BCUT2D eigenvalue weighted by Crippen LogP contribution is 2.33. The quantitative estimate of drug-likeness (QED) is 0.767. The second kappa shape index (κ2) is 8.47. The van der Waals surface area contributed by atoms with Crippen molar-refractivity contribution in [2.45, 2.75) is 38.3 Å². The van der Waals surface area contributed by atoms with E-state index in [1.165, 1.54) is 0 Å². The Bertz CT molecular complexity index is 923. The van der Waals surface area contributed by atoms with Gasteiger partial charge in [0.05, 0.1) is 13.2 Å². The average molecular weight is 392 g/mol. The minimum Gasteiger partial charge on any atom is -0.493 e. The number of aldehydes is 1. The van der Waals surface area contributed by atoms with Gasteiger partial charge < -0.3 is 15.0 Å². The van der Waals surface area contributed by atoms with Crippen LogP contribution in [0.5, 0.6) is 5.75 Å². The van der Waals surface area contributed by atoms with Crippen LogP contribution in [0.4, 0.5) is 0 Å². The van der Waals surface area contributed by atoms with Gasteiger partial charge in [-0.25, -0.2) is 0 Å². The summed E-state index contributed by atoms with van der Waals surface area (Å²) in [4.78, 5) is 37.8. The first-order valence-electron chi connectivity index (χ1n) is 10.0. The number of benzene rings is 2. The van der Waals surface area contributed by atoms with Crippen LogP contribution < -0.4 is 10.1 Å². The topological polar surface area (TPSA) is 75.7 Å². The van der Waals surface area contributed by atoms with Gasteiger partial charge in [-0.1, -0.05) is 30.3 Å². The molecule has 1 atom stereocenters. The smallest absolute Gasteiger partial charge is 0.255 e. The van der Waals surface area contributed by atoms with Crippen molar-refractivity contribution in [1.29, 1.82) is 0 Å². The van der Waals surface area contributed by atoms with Gasteiger partial charge in [-0.15, -0.1) is 0 Å². The number of amides is 2. The molecule has 1 saturated heterocycles. The molecule has 0 aliphatic carbocycles. The van der Waals surface area contributed by atoms with Gasteiger partial charge >= 0.3 is 0 Å². The molecule has 4 rings (SSSR count). The zero-order valence-corrected chi connectivity index (χ0v) is 16.2. The lowest BCUT2D eigenvalue weighted by Crippen LogP contribution is -2.45. The molecule has 0 aromatic heterocycles. The van der Waals surface area contributed by atoms with Gasteiger partial charge in [-0.2, -0.15) is 0 Å². The molecule has 0 unspecified atom stereocenters. The summed E-state index contributed by atoms with van der Waals surface area (Å²) < 4.78 is 6.00. The van der Waals surface area contributed by atoms with Crippen LogP contribution in [-0.4, -0.2) is 42.2 Å². The summed E-state index contributed by atoms with van der Waals surface area (Å²) in [6.45, 7) is 1.54. The first kappa shape index (κ1) is 19.2. The number of nitrogens with one attached hydrogen (secondary N) is 1. The molecule has 1 fully saturated rings. The lowest BCUT2D eigenvalue weighted by Gasteiger charge is -2.25. The Balaban J connectivity index is 1.44. The van der Waals surface area contributed by atoms with Gasteiger partial charge in [0, 0.05) is 29.7 Å². The number of ether oxygens (including phenoxy) is 1. The standard InChI is InChI=1S/C23H24N2O4/c26-15-17-9-7-16(8-10-17)11-13-29-21-6-3-4-18-19(21)14-25(23(18)28)20-5-1-2-12-24-22(20)27/h3-4,6-10,15,20H,1-2,5,11-14H2,(H,24,27)/t20-/m0/s1. The summed E-state index contributed by atoms with van der Waals surface area (Å²) in [5.41, 5.74) is 3.20. The van der Waals surface area contributed by atoms with Crippen LogP contribution in [0.2, 0.25) is 0 Å². The van der Waals surface area contributed by atoms with Crippen LogP contribution in [0.1, 0.15) is 51.1 Å². The summed E-state index contributed by atoms with van der Waals surface area (Å²) >= 11 is 0. The van der Waals surface area contributed by atoms with Gasteiger partial charge in [-0.05, 0) is 37.0 Å². The molecule has 0 bridgehead atoms. The Morgan fingerprint density at radius 2 is 1.93 bits per heavy atom. The van der Waals surface area contributed by atoms with E-state index in [1.54, 1.807) is 23.1 Å². The van der Waals surface area contributed by atoms with Gasteiger partial charge in [-0.3, -0.25) is 14.4 Å². The Labute approximate surface area is 169 Å². The van der Waals surface area contributed by atoms with Crippen LogP contribution in [0.25, 0.3) is 0 Å². The van der Waals surface area contributed by atoms with Crippen LogP contribution in [-0.2, 0) is 17.8 Å². The molecule has 2 amide bonds. The molecular formula is C23H24N2O4. The predicted molar refractivity (Wildman–Crippen MR) is 108 cm³/mol. The van der Waals surface area contributed by atoms with E-state index in [9.17, 15) is 14.4 Å². The van der Waals surface area contributed by atoms with E-state index < -0.39 is 6.04 Å². The van der Waals surface area contributed by atoms with Crippen molar-refractivity contribution in [2.24, 2.45) is 0 Å². The molecule has 6 nitrogen and oxygen atoms in total. The number of rotatable bonds is 6. The molecule has 2 aliphatic heterocycles. The fraction of sp³-hybridized carbons (Fsp3) is 0.348. The number of hydrogen-bond donors (Lipinski definition) is 1. The highest BCUT2D eigenvalue weighted by molar-refractivity contribution is 6.01. The normalized spacial score (nSPS) is 18.8. The Hall–Kier alpha value is -3.15. The lowest BCUT2D eigenvalue weighted by molar-refractivity contribution is -0.125. The van der Waals surface area contributed by atoms with Crippen molar-refractivity contribution in [2.75, 3.05) is 13.2 Å². The highest BCUT2D eigenvalue weighted by atomic mass is 16.5. The molecule has 6 heteroatoms. The number of carbonyl (C=O) groups excluding carboxylic acids is 3. The monoisotopic (exact) mass is 392 g/mol. The number of fused-ring (bicyclic) bond motifs is 1. The molecule has 150 valence electrons. The molecule has 2 heterocycles. The summed E-state index contributed by atoms with van der Waals surface area (Å²) in [5, 5.41) is 2.91. The summed E-state index contributed by atoms with van der Waals surface area (Å²) in [6, 6.07) is 12.5. The van der Waals surface area contributed by atoms with Crippen molar-refractivity contribution in [3.05, 3.63) is 64.7 Å². The van der Waals surface area contributed by atoms with E-state index in [0.717, 1.165) is 30.3 Å². The molecule has 29 heavy (non-hydrogen) atoms. The Morgan fingerprint density at radius 3 is 2.72 bits per heavy atom. The third kappa shape index (κ3) is 4.01. The number of nitrogens with zero attached hydrogens (tertiary/aromatic N) is 1. The van der Waals surface area contributed by atoms with Gasteiger partial charge in [0.1, 0.15) is 18.1 Å². The molecule has 0 spiro atoms. The van der Waals surface area contributed by atoms with E-state index >= 15 is 0 Å². The molecular weight excluding hydrogens is 368 g/mol. The maximum atomic E-state index is 12.9. The first-order chi connectivity index (χ1) is 14.2. The SMILES string of the molecule is O=Cc1ccc(CCOc2cccc3c2CN([C@H]2CCCCNC2=O)C3=O)cc1. The van der Waals surface area contributed by atoms with Crippen molar-refractivity contribution in [1.82, 2.24) is 10.2 Å². The van der Waals surface area contributed by atoms with E-state index in [2.05, 4.69) is 5.32 Å². The van der Waals surface area contributed by atoms with Crippen LogP contribution in [0.15, 0.2) is 42.5 Å². The minimum absolute atomic E-state index is 0.0649. The summed E-state index contributed by atoms with van der Waals surface area (Å²) in [7, 11) is 0. The van der Waals surface area contributed by atoms with Gasteiger partial charge in [0.2, 0.25) is 5.91 Å². The second-order valence-electron chi connectivity index (χ2n) is 7.48. The van der Waals surface area contributed by atoms with Crippen molar-refractivity contribution in [3.63, 3.8) is 0 Å². The van der Waals surface area contributed by atoms with E-state index in [4.69, 9.17) is 4.74 Å². The first-order valence-corrected chi connectivity index (χ1v) is 10.0. The molecule has 2 aromatic rings. The molecule has 2 aliphatic rings. The average Bonchev–Trinajstić information content (AvgIpc) is 2.93. The van der Waals surface area contributed by atoms with E-state index in [0.29, 0.717) is 49.4 Å². The Morgan fingerprint density at radius 1 is 1.10 bits per heavy atom.